The summed E-state index contributed by atoms with van der Waals surface area (Å²) in [5.41, 5.74) is 7.01. The van der Waals surface area contributed by atoms with E-state index in [1.54, 1.807) is 30.6 Å². The summed E-state index contributed by atoms with van der Waals surface area (Å²) in [6, 6.07) is 1.51. The van der Waals surface area contributed by atoms with Crippen molar-refractivity contribution >= 4 is 21.5 Å². The molecule has 36 heavy (non-hydrogen) atoms. The summed E-state index contributed by atoms with van der Waals surface area (Å²) >= 11 is 0. The summed E-state index contributed by atoms with van der Waals surface area (Å²) in [5.74, 6) is -0.0464. The number of allylic oxidation sites excluding steroid dienone is 4. The number of nitrogens with zero attached hydrogens (tertiary/aromatic N) is 6. The lowest BCUT2D eigenvalue weighted by Gasteiger charge is -2.22. The normalized spacial score (nSPS) is 14.4. The molecular formula is C23H23N7O5S. The number of nitrogens with one attached hydrogen (secondary N) is 1. The molecule has 0 bridgehead atoms. The van der Waals surface area contributed by atoms with Gasteiger partial charge in [0.25, 0.3) is 0 Å². The van der Waals surface area contributed by atoms with Crippen molar-refractivity contribution in [1.29, 1.82) is 0 Å². The molecule has 0 saturated carbocycles. The number of hydrogen-bond acceptors (Lipinski definition) is 10. The summed E-state index contributed by atoms with van der Waals surface area (Å²) in [6.07, 6.45) is 8.58. The van der Waals surface area contributed by atoms with Crippen molar-refractivity contribution in [2.45, 2.75) is 25.2 Å². The molecule has 0 unspecified atom stereocenters. The zero-order chi connectivity index (χ0) is 25.9. The van der Waals surface area contributed by atoms with Crippen LogP contribution in [0, 0.1) is 6.92 Å². The van der Waals surface area contributed by atoms with E-state index in [4.69, 9.17) is 9.47 Å². The molecule has 4 rings (SSSR count). The first-order valence-electron chi connectivity index (χ1n) is 10.7. The van der Waals surface area contributed by atoms with Crippen LogP contribution in [0.1, 0.15) is 30.2 Å². The van der Waals surface area contributed by atoms with Gasteiger partial charge in [0.05, 0.1) is 12.7 Å². The lowest BCUT2D eigenvalue weighted by Crippen LogP contribution is -2.33. The van der Waals surface area contributed by atoms with Crippen molar-refractivity contribution in [2.75, 3.05) is 18.9 Å². The van der Waals surface area contributed by atoms with Crippen LogP contribution >= 0.6 is 0 Å². The molecule has 0 saturated heterocycles. The second-order valence-electron chi connectivity index (χ2n) is 7.70. The van der Waals surface area contributed by atoms with Crippen LogP contribution in [0.2, 0.25) is 0 Å². The predicted molar refractivity (Wildman–Crippen MR) is 130 cm³/mol. The highest BCUT2D eigenvalue weighted by Gasteiger charge is 2.35. The van der Waals surface area contributed by atoms with Crippen molar-refractivity contribution in [3.63, 3.8) is 0 Å². The van der Waals surface area contributed by atoms with Crippen molar-refractivity contribution in [1.82, 2.24) is 29.7 Å². The zero-order valence-electron chi connectivity index (χ0n) is 19.9. The monoisotopic (exact) mass is 509 g/mol. The maximum Gasteiger partial charge on any atom is 0.243 e. The molecule has 1 aliphatic rings. The quantitative estimate of drug-likeness (QED) is 0.410. The van der Waals surface area contributed by atoms with E-state index in [1.807, 2.05) is 6.92 Å². The Morgan fingerprint density at radius 3 is 2.56 bits per heavy atom. The van der Waals surface area contributed by atoms with Gasteiger partial charge in [-0.2, -0.15) is 0 Å². The highest BCUT2D eigenvalue weighted by Crippen LogP contribution is 2.35. The fraction of sp³-hybridized carbons (Fsp3) is 0.261. The van der Waals surface area contributed by atoms with Crippen molar-refractivity contribution in [3.05, 3.63) is 71.6 Å². The molecule has 12 nitrogen and oxygen atoms in total. The van der Waals surface area contributed by atoms with Gasteiger partial charge in [-0.05, 0) is 31.6 Å². The maximum absolute atomic E-state index is 13.5. The van der Waals surface area contributed by atoms with Gasteiger partial charge in [-0.1, -0.05) is 17.5 Å². The SMILES string of the molecule is COc1ccnc(O)c1-n1c(NS(=O)(=O)[C@@H](C)[C@H](OC)c2ncc(C)cn2)nnc1C1=C=C=CC=C1. The van der Waals surface area contributed by atoms with Gasteiger partial charge in [-0.3, -0.25) is 9.29 Å². The topological polar surface area (TPSA) is 154 Å². The van der Waals surface area contributed by atoms with E-state index in [0.29, 0.717) is 5.57 Å². The van der Waals surface area contributed by atoms with Gasteiger partial charge in [0.2, 0.25) is 21.9 Å². The number of hydrogen-bond donors (Lipinski definition) is 2. The second-order valence-corrected chi connectivity index (χ2v) is 9.74. The summed E-state index contributed by atoms with van der Waals surface area (Å²) in [5, 5.41) is 17.6. The molecule has 13 heteroatoms. The van der Waals surface area contributed by atoms with Crippen LogP contribution in [-0.4, -0.2) is 62.7 Å². The third-order valence-corrected chi connectivity index (χ3v) is 7.02. The summed E-state index contributed by atoms with van der Waals surface area (Å²) in [6.45, 7) is 3.28. The molecule has 0 aromatic carbocycles. The number of aryl methyl sites for hydroxylation is 1. The van der Waals surface area contributed by atoms with E-state index < -0.39 is 27.3 Å². The Kier molecular flexibility index (Phi) is 7.00. The molecular weight excluding hydrogens is 486 g/mol. The highest BCUT2D eigenvalue weighted by atomic mass is 32.2. The lowest BCUT2D eigenvalue weighted by atomic mass is 10.2. The molecule has 3 aromatic heterocycles. The summed E-state index contributed by atoms with van der Waals surface area (Å²) in [4.78, 5) is 12.3. The van der Waals surface area contributed by atoms with Gasteiger partial charge in [-0.15, -0.1) is 10.2 Å². The largest absolute Gasteiger partial charge is 0.494 e. The van der Waals surface area contributed by atoms with Gasteiger partial charge >= 0.3 is 0 Å². The smallest absolute Gasteiger partial charge is 0.243 e. The standard InChI is InChI=1S/C23H23N7O5S/c1-14-12-25-20(26-13-14)19(35-4)15(2)36(32,33)29-23-28-27-21(16-8-6-5-7-9-16)30(23)18-17(34-3)10-11-24-22(18)31/h5-6,8,10-13,15,19H,1-4H3,(H,24,31)(H,28,29)/t15-,19-/m0/s1. The van der Waals surface area contributed by atoms with E-state index in [-0.39, 0.29) is 29.0 Å². The number of sulfonamides is 1. The first-order chi connectivity index (χ1) is 17.3. The van der Waals surface area contributed by atoms with Crippen LogP contribution in [0.3, 0.4) is 0 Å². The first kappa shape index (κ1) is 24.8. The Labute approximate surface area is 207 Å². The molecule has 186 valence electrons. The second kappa shape index (κ2) is 10.1. The fourth-order valence-electron chi connectivity index (χ4n) is 3.46. The molecule has 3 heterocycles. The number of aromatic hydroxyl groups is 1. The maximum atomic E-state index is 13.5. The van der Waals surface area contributed by atoms with Gasteiger partial charge in [0.1, 0.15) is 17.1 Å². The summed E-state index contributed by atoms with van der Waals surface area (Å²) in [7, 11) is -1.37. The Morgan fingerprint density at radius 1 is 1.17 bits per heavy atom. The fourth-order valence-corrected chi connectivity index (χ4v) is 4.59. The molecule has 0 radical (unpaired) electrons. The van der Waals surface area contributed by atoms with Gasteiger partial charge in [-0.25, -0.2) is 23.4 Å². The average Bonchev–Trinajstić information content (AvgIpc) is 3.28. The van der Waals surface area contributed by atoms with Crippen LogP contribution in [-0.2, 0) is 14.8 Å². The number of rotatable bonds is 9. The number of methoxy groups -OCH3 is 2. The zero-order valence-corrected chi connectivity index (χ0v) is 20.7. The molecule has 2 atom stereocenters. The van der Waals surface area contributed by atoms with Crippen LogP contribution in [0.4, 0.5) is 5.95 Å². The Balaban J connectivity index is 1.81. The van der Waals surface area contributed by atoms with Crippen molar-refractivity contribution < 1.29 is 23.0 Å². The average molecular weight is 510 g/mol. The van der Waals surface area contributed by atoms with E-state index >= 15 is 0 Å². The molecule has 0 aliphatic heterocycles. The number of anilines is 1. The van der Waals surface area contributed by atoms with Crippen LogP contribution in [0.25, 0.3) is 11.3 Å². The Morgan fingerprint density at radius 2 is 1.92 bits per heavy atom. The molecule has 2 N–H and O–H groups in total. The molecule has 1 aliphatic carbocycles. The minimum Gasteiger partial charge on any atom is -0.494 e. The minimum atomic E-state index is -4.15. The van der Waals surface area contributed by atoms with E-state index in [2.05, 4.69) is 41.3 Å². The Bertz CT molecular complexity index is 1520. The van der Waals surface area contributed by atoms with Gasteiger partial charge in [0, 0.05) is 31.8 Å². The highest BCUT2D eigenvalue weighted by molar-refractivity contribution is 7.93. The van der Waals surface area contributed by atoms with Crippen LogP contribution in [0.5, 0.6) is 11.6 Å². The number of aromatic nitrogens is 6. The summed E-state index contributed by atoms with van der Waals surface area (Å²) < 4.78 is 41.5. The van der Waals surface area contributed by atoms with Crippen LogP contribution < -0.4 is 9.46 Å². The molecule has 3 aromatic rings. The lowest BCUT2D eigenvalue weighted by molar-refractivity contribution is 0.0949. The molecule has 0 amide bonds. The molecule has 0 spiro atoms. The van der Waals surface area contributed by atoms with E-state index in [1.165, 1.54) is 38.0 Å². The predicted octanol–water partition coefficient (Wildman–Crippen LogP) is 2.26. The third kappa shape index (κ3) is 4.77. The number of ether oxygens (including phenoxy) is 2. The molecule has 0 fully saturated rings. The van der Waals surface area contributed by atoms with E-state index in [9.17, 15) is 13.5 Å². The number of pyridine rings is 1. The van der Waals surface area contributed by atoms with Crippen molar-refractivity contribution in [3.8, 4) is 17.3 Å². The van der Waals surface area contributed by atoms with Crippen LogP contribution in [0.15, 0.2) is 54.3 Å². The Hall–Kier alpha value is -4.28. The van der Waals surface area contributed by atoms with Crippen molar-refractivity contribution in [2.24, 2.45) is 0 Å². The van der Waals surface area contributed by atoms with Gasteiger partial charge < -0.3 is 14.6 Å². The first-order valence-corrected chi connectivity index (χ1v) is 12.2. The van der Waals surface area contributed by atoms with E-state index in [0.717, 1.165) is 5.56 Å². The third-order valence-electron chi connectivity index (χ3n) is 5.32. The van der Waals surface area contributed by atoms with Gasteiger partial charge in [0.15, 0.2) is 17.3 Å². The minimum absolute atomic E-state index is 0.0350.